The summed E-state index contributed by atoms with van der Waals surface area (Å²) in [6.45, 7) is 5.72. The maximum atomic E-state index is 10.4. The molecule has 1 aromatic rings. The average Bonchev–Trinajstić information content (AvgIpc) is 2.58. The van der Waals surface area contributed by atoms with Crippen LogP contribution in [0.2, 0.25) is 0 Å². The van der Waals surface area contributed by atoms with Crippen LogP contribution in [0.25, 0.3) is 0 Å². The molecular formula is C16H23Br3Cl2N2O2. The Bertz CT molecular complexity index is 551. The van der Waals surface area contributed by atoms with E-state index >= 15 is 0 Å². The summed E-state index contributed by atoms with van der Waals surface area (Å²) in [6, 6.07) is 2.23. The first kappa shape index (κ1) is 24.0. The predicted molar refractivity (Wildman–Crippen MR) is 116 cm³/mol. The third kappa shape index (κ3) is 5.47. The molecule has 1 atom stereocenters. The molecule has 3 rings (SSSR count). The summed E-state index contributed by atoms with van der Waals surface area (Å²) in [5.41, 5.74) is 1.15. The Hall–Kier alpha value is 0.920. The van der Waals surface area contributed by atoms with E-state index in [0.29, 0.717) is 10.4 Å². The fourth-order valence-electron chi connectivity index (χ4n) is 3.57. The van der Waals surface area contributed by atoms with Gasteiger partial charge in [-0.15, -0.1) is 24.8 Å². The lowest BCUT2D eigenvalue weighted by atomic mass is 9.85. The molecule has 9 heteroatoms. The highest BCUT2D eigenvalue weighted by Crippen LogP contribution is 2.47. The molecule has 2 saturated heterocycles. The fourth-order valence-corrected chi connectivity index (χ4v) is 6.16. The Balaban J connectivity index is 0.00000156. The van der Waals surface area contributed by atoms with Crippen LogP contribution >= 0.6 is 72.6 Å². The number of aromatic hydroxyl groups is 1. The number of phenolic OH excluding ortho intramolecular Hbond substituents is 1. The van der Waals surface area contributed by atoms with Gasteiger partial charge in [-0.05, 0) is 56.7 Å². The Morgan fingerprint density at radius 3 is 2.28 bits per heavy atom. The summed E-state index contributed by atoms with van der Waals surface area (Å²) in [6.07, 6.45) is 2.12. The summed E-state index contributed by atoms with van der Waals surface area (Å²) in [5, 5.41) is 13.8. The van der Waals surface area contributed by atoms with Crippen LogP contribution in [-0.4, -0.2) is 49.4 Å². The first-order valence-electron chi connectivity index (χ1n) is 7.98. The van der Waals surface area contributed by atoms with Crippen molar-refractivity contribution in [3.05, 3.63) is 25.0 Å². The van der Waals surface area contributed by atoms with Gasteiger partial charge in [-0.3, -0.25) is 4.90 Å². The first-order valence-corrected chi connectivity index (χ1v) is 10.4. The summed E-state index contributed by atoms with van der Waals surface area (Å²) in [4.78, 5) is 2.55. The fraction of sp³-hybridized carbons (Fsp3) is 0.625. The largest absolute Gasteiger partial charge is 0.506 e. The number of benzene rings is 1. The third-order valence-electron chi connectivity index (χ3n) is 4.73. The maximum absolute atomic E-state index is 10.4. The van der Waals surface area contributed by atoms with E-state index in [1.807, 2.05) is 6.07 Å². The van der Waals surface area contributed by atoms with E-state index in [4.69, 9.17) is 4.74 Å². The normalized spacial score (nSPS) is 20.4. The van der Waals surface area contributed by atoms with Crippen LogP contribution in [-0.2, 0) is 4.74 Å². The lowest BCUT2D eigenvalue weighted by Crippen LogP contribution is -2.47. The van der Waals surface area contributed by atoms with Gasteiger partial charge >= 0.3 is 0 Å². The van der Waals surface area contributed by atoms with Gasteiger partial charge in [0.2, 0.25) is 0 Å². The van der Waals surface area contributed by atoms with Crippen LogP contribution in [0.15, 0.2) is 19.5 Å². The number of ether oxygens (including phenoxy) is 1. The number of rotatable bonds is 3. The molecule has 1 aromatic carbocycles. The highest BCUT2D eigenvalue weighted by Gasteiger charge is 2.34. The van der Waals surface area contributed by atoms with Crippen molar-refractivity contribution >= 4 is 72.6 Å². The summed E-state index contributed by atoms with van der Waals surface area (Å²) in [7, 11) is 0. The second-order valence-electron chi connectivity index (χ2n) is 6.10. The van der Waals surface area contributed by atoms with Gasteiger partial charge in [0, 0.05) is 55.5 Å². The highest BCUT2D eigenvalue weighted by molar-refractivity contribution is 9.11. The number of hydrogen-bond donors (Lipinski definition) is 2. The SMILES string of the molecule is Cl.Cl.Oc1c(Br)cc(Br)c([C@H](C2CCOCC2)N2CCNCC2)c1Br. The standard InChI is InChI=1S/C16H21Br3N2O2.2ClH/c17-11-9-12(18)16(22)14(19)13(11)15(10-1-7-23-8-2-10)21-5-3-20-4-6-21;;/h9-10,15,20,22H,1-8H2;2*1H/t15-;;/m0../s1. The van der Waals surface area contributed by atoms with E-state index in [2.05, 4.69) is 58.0 Å². The molecule has 2 heterocycles. The molecule has 0 radical (unpaired) electrons. The average molecular weight is 586 g/mol. The minimum absolute atomic E-state index is 0. The van der Waals surface area contributed by atoms with Gasteiger partial charge in [0.05, 0.1) is 8.95 Å². The summed E-state index contributed by atoms with van der Waals surface area (Å²) < 4.78 is 8.08. The number of piperazine rings is 1. The Labute approximate surface area is 186 Å². The molecule has 2 N–H and O–H groups in total. The lowest BCUT2D eigenvalue weighted by molar-refractivity contribution is 0.0208. The van der Waals surface area contributed by atoms with Gasteiger partial charge in [0.1, 0.15) is 5.75 Å². The smallest absolute Gasteiger partial charge is 0.144 e. The Morgan fingerprint density at radius 2 is 1.68 bits per heavy atom. The summed E-state index contributed by atoms with van der Waals surface area (Å²) in [5.74, 6) is 0.811. The van der Waals surface area contributed by atoms with Crippen LogP contribution in [0.3, 0.4) is 0 Å². The van der Waals surface area contributed by atoms with Gasteiger partial charge in [-0.1, -0.05) is 15.9 Å². The van der Waals surface area contributed by atoms with Crippen LogP contribution in [0, 0.1) is 5.92 Å². The minimum Gasteiger partial charge on any atom is -0.506 e. The molecule has 0 saturated carbocycles. The molecule has 0 amide bonds. The zero-order chi connectivity index (χ0) is 16.4. The molecular weight excluding hydrogens is 563 g/mol. The molecule has 144 valence electrons. The van der Waals surface area contributed by atoms with E-state index in [-0.39, 0.29) is 36.6 Å². The molecule has 0 unspecified atom stereocenters. The van der Waals surface area contributed by atoms with Crippen LogP contribution in [0.4, 0.5) is 0 Å². The summed E-state index contributed by atoms with van der Waals surface area (Å²) >= 11 is 10.8. The van der Waals surface area contributed by atoms with E-state index in [0.717, 1.165) is 66.7 Å². The maximum Gasteiger partial charge on any atom is 0.144 e. The zero-order valence-electron chi connectivity index (χ0n) is 13.6. The van der Waals surface area contributed by atoms with Gasteiger partial charge in [0.15, 0.2) is 0 Å². The molecule has 0 bridgehead atoms. The molecule has 2 aliphatic heterocycles. The molecule has 0 aromatic heterocycles. The van der Waals surface area contributed by atoms with Crippen LogP contribution in [0.5, 0.6) is 5.75 Å². The van der Waals surface area contributed by atoms with Crippen molar-refractivity contribution in [1.82, 2.24) is 10.2 Å². The number of nitrogens with zero attached hydrogens (tertiary/aromatic N) is 1. The molecule has 2 aliphatic rings. The topological polar surface area (TPSA) is 44.7 Å². The van der Waals surface area contributed by atoms with Crippen molar-refractivity contribution in [3.63, 3.8) is 0 Å². The molecule has 0 spiro atoms. The van der Waals surface area contributed by atoms with Gasteiger partial charge in [-0.2, -0.15) is 0 Å². The Morgan fingerprint density at radius 1 is 1.08 bits per heavy atom. The first-order chi connectivity index (χ1) is 11.1. The highest BCUT2D eigenvalue weighted by atomic mass is 79.9. The Kier molecular flexibility index (Phi) is 10.6. The van der Waals surface area contributed by atoms with E-state index in [1.54, 1.807) is 0 Å². The van der Waals surface area contributed by atoms with E-state index in [1.165, 1.54) is 0 Å². The molecule has 4 nitrogen and oxygen atoms in total. The van der Waals surface area contributed by atoms with Crippen molar-refractivity contribution in [2.24, 2.45) is 5.92 Å². The van der Waals surface area contributed by atoms with E-state index in [9.17, 15) is 5.11 Å². The minimum atomic E-state index is 0. The second-order valence-corrected chi connectivity index (χ2v) is 8.60. The number of halogens is 5. The predicted octanol–water partition coefficient (Wildman–Crippen LogP) is 4.90. The van der Waals surface area contributed by atoms with Crippen molar-refractivity contribution in [2.75, 3.05) is 39.4 Å². The van der Waals surface area contributed by atoms with Crippen molar-refractivity contribution in [3.8, 4) is 5.75 Å². The molecule has 0 aliphatic carbocycles. The quantitative estimate of drug-likeness (QED) is 0.530. The monoisotopic (exact) mass is 582 g/mol. The molecule has 25 heavy (non-hydrogen) atoms. The number of nitrogens with one attached hydrogen (secondary N) is 1. The second kappa shape index (κ2) is 11.1. The number of hydrogen-bond acceptors (Lipinski definition) is 4. The lowest BCUT2D eigenvalue weighted by Gasteiger charge is -2.42. The van der Waals surface area contributed by atoms with Crippen LogP contribution < -0.4 is 5.32 Å². The van der Waals surface area contributed by atoms with E-state index < -0.39 is 0 Å². The van der Waals surface area contributed by atoms with Gasteiger partial charge < -0.3 is 15.2 Å². The van der Waals surface area contributed by atoms with Crippen molar-refractivity contribution < 1.29 is 9.84 Å². The van der Waals surface area contributed by atoms with Gasteiger partial charge in [-0.25, -0.2) is 0 Å². The van der Waals surface area contributed by atoms with Gasteiger partial charge in [0.25, 0.3) is 0 Å². The number of phenols is 1. The third-order valence-corrected chi connectivity index (χ3v) is 6.80. The zero-order valence-corrected chi connectivity index (χ0v) is 20.0. The van der Waals surface area contributed by atoms with Crippen LogP contribution in [0.1, 0.15) is 24.4 Å². The van der Waals surface area contributed by atoms with Crippen molar-refractivity contribution in [1.29, 1.82) is 0 Å². The molecule has 2 fully saturated rings. The van der Waals surface area contributed by atoms with Crippen molar-refractivity contribution in [2.45, 2.75) is 18.9 Å².